The summed E-state index contributed by atoms with van der Waals surface area (Å²) >= 11 is 18.8. The van der Waals surface area contributed by atoms with E-state index in [1.165, 1.54) is 64.0 Å². The van der Waals surface area contributed by atoms with Crippen LogP contribution in [0.5, 0.6) is 0 Å². The highest BCUT2D eigenvalue weighted by Crippen LogP contribution is 2.33. The molecule has 0 radical (unpaired) electrons. The smallest absolute Gasteiger partial charge is 0.272 e. The van der Waals surface area contributed by atoms with Crippen molar-refractivity contribution in [2.45, 2.75) is 118 Å². The van der Waals surface area contributed by atoms with Crippen molar-refractivity contribution in [2.24, 2.45) is 0 Å². The summed E-state index contributed by atoms with van der Waals surface area (Å²) in [5.41, 5.74) is 5.68. The number of benzene rings is 2. The van der Waals surface area contributed by atoms with Gasteiger partial charge in [-0.1, -0.05) is 117 Å². The van der Waals surface area contributed by atoms with Crippen LogP contribution in [0.25, 0.3) is 16.9 Å². The highest BCUT2D eigenvalue weighted by atomic mass is 35.5. The number of pyridine rings is 1. The molecular formula is C51H66Cl3N9O4. The summed E-state index contributed by atoms with van der Waals surface area (Å²) < 4.78 is 1.65. The average molecular weight is 976 g/mol. The van der Waals surface area contributed by atoms with Gasteiger partial charge in [0, 0.05) is 77.4 Å². The molecule has 5 aromatic rings. The van der Waals surface area contributed by atoms with Crippen molar-refractivity contribution in [2.75, 3.05) is 26.2 Å². The summed E-state index contributed by atoms with van der Waals surface area (Å²) in [6.07, 6.45) is 24.2. The zero-order valence-corrected chi connectivity index (χ0v) is 41.6. The van der Waals surface area contributed by atoms with Crippen molar-refractivity contribution in [1.29, 1.82) is 0 Å². The SMILES string of the molecule is CCCCCCCC/C=C/CCCCCCCC(=O)NCCNC(=O)c1nn(-c2ccc(Cl)cc2Cl)c(-c2ccc(Cl)cc2)c1C.Cc1[nH]nc(C(=O)NCCNC(=O)c2cccnc2)c1C. The first-order chi connectivity index (χ1) is 32.4. The van der Waals surface area contributed by atoms with E-state index in [2.05, 4.69) is 60.6 Å². The molecule has 0 saturated heterocycles. The number of H-pyrrole nitrogens is 1. The third-order valence-electron chi connectivity index (χ3n) is 11.1. The van der Waals surface area contributed by atoms with Crippen molar-refractivity contribution in [3.8, 4) is 16.9 Å². The summed E-state index contributed by atoms with van der Waals surface area (Å²) in [4.78, 5) is 53.0. The molecule has 3 heterocycles. The van der Waals surface area contributed by atoms with Gasteiger partial charge in [-0.2, -0.15) is 10.2 Å². The highest BCUT2D eigenvalue weighted by molar-refractivity contribution is 6.35. The van der Waals surface area contributed by atoms with Gasteiger partial charge in [-0.05, 0) is 95.3 Å². The van der Waals surface area contributed by atoms with Gasteiger partial charge in [0.2, 0.25) is 5.91 Å². The molecule has 0 fully saturated rings. The van der Waals surface area contributed by atoms with E-state index in [-0.39, 0.29) is 29.3 Å². The fourth-order valence-electron chi connectivity index (χ4n) is 7.13. The van der Waals surface area contributed by atoms with Crippen molar-refractivity contribution >= 4 is 58.4 Å². The number of hydrogen-bond donors (Lipinski definition) is 5. The Kier molecular flexibility index (Phi) is 24.2. The minimum absolute atomic E-state index is 0.00902. The maximum absolute atomic E-state index is 13.2. The maximum atomic E-state index is 13.2. The molecule has 0 bridgehead atoms. The van der Waals surface area contributed by atoms with Gasteiger partial charge in [-0.25, -0.2) is 4.68 Å². The first kappa shape index (κ1) is 54.1. The van der Waals surface area contributed by atoms with Crippen LogP contribution >= 0.6 is 34.8 Å². The Morgan fingerprint density at radius 3 is 1.84 bits per heavy atom. The zero-order chi connectivity index (χ0) is 48.4. The summed E-state index contributed by atoms with van der Waals surface area (Å²) in [6.45, 7) is 9.10. The van der Waals surface area contributed by atoms with Gasteiger partial charge >= 0.3 is 0 Å². The number of nitrogens with zero attached hydrogens (tertiary/aromatic N) is 4. The first-order valence-electron chi connectivity index (χ1n) is 23.4. The summed E-state index contributed by atoms with van der Waals surface area (Å²) in [5, 5.41) is 24.1. The summed E-state index contributed by atoms with van der Waals surface area (Å²) in [6, 6.07) is 15.8. The fraction of sp³-hybridized carbons (Fsp3) is 0.431. The minimum Gasteiger partial charge on any atom is -0.354 e. The molecule has 0 unspecified atom stereocenters. The summed E-state index contributed by atoms with van der Waals surface area (Å²) in [7, 11) is 0. The Balaban J connectivity index is 0.000000387. The molecule has 4 amide bonds. The van der Waals surface area contributed by atoms with Crippen LogP contribution in [0.15, 0.2) is 79.1 Å². The molecule has 0 aliphatic carbocycles. The number of carbonyl (C=O) groups is 4. The van der Waals surface area contributed by atoms with E-state index in [9.17, 15) is 19.2 Å². The Morgan fingerprint density at radius 2 is 1.24 bits per heavy atom. The van der Waals surface area contributed by atoms with Gasteiger partial charge in [-0.3, -0.25) is 29.3 Å². The van der Waals surface area contributed by atoms with Gasteiger partial charge in [-0.15, -0.1) is 0 Å². The molecule has 0 aliphatic rings. The third-order valence-corrected chi connectivity index (χ3v) is 11.9. The topological polar surface area (TPSA) is 176 Å². The molecule has 16 heteroatoms. The Morgan fingerprint density at radius 1 is 0.657 bits per heavy atom. The van der Waals surface area contributed by atoms with Gasteiger partial charge in [0.25, 0.3) is 17.7 Å². The lowest BCUT2D eigenvalue weighted by Crippen LogP contribution is -2.35. The van der Waals surface area contributed by atoms with Crippen LogP contribution in [0.4, 0.5) is 0 Å². The van der Waals surface area contributed by atoms with Gasteiger partial charge < -0.3 is 21.3 Å². The number of hydrogen-bond acceptors (Lipinski definition) is 7. The number of halogens is 3. The van der Waals surface area contributed by atoms with Crippen LogP contribution in [-0.2, 0) is 4.79 Å². The molecular weight excluding hydrogens is 909 g/mol. The molecule has 5 rings (SSSR count). The van der Waals surface area contributed by atoms with E-state index in [0.29, 0.717) is 70.2 Å². The van der Waals surface area contributed by atoms with Gasteiger partial charge in [0.15, 0.2) is 11.4 Å². The number of unbranched alkanes of at least 4 members (excludes halogenated alkanes) is 11. The number of carbonyl (C=O) groups excluding carboxylic acids is 4. The van der Waals surface area contributed by atoms with Gasteiger partial charge in [0.1, 0.15) is 0 Å². The lowest BCUT2D eigenvalue weighted by Gasteiger charge is -2.11. The predicted molar refractivity (Wildman–Crippen MR) is 271 cm³/mol. The maximum Gasteiger partial charge on any atom is 0.272 e. The second-order valence-corrected chi connectivity index (χ2v) is 17.6. The standard InChI is InChI=1S/C37H49Cl3N4O2.C14H17N5O2/c1-3-4-5-6-7-8-9-10-11-12-13-14-15-16-17-18-34(45)41-25-26-42-37(46)35-28(2)36(29-19-21-30(38)22-20-29)44(43-35)33-24-23-31(39)27-32(33)40;1-9-10(2)18-19-12(9)14(21)17-7-6-16-13(20)11-4-3-5-15-8-11/h10-11,19-24,27H,3-9,12-18,25-26H2,1-2H3,(H,41,45)(H,42,46);3-5,8H,6-7H2,1-2H3,(H,16,20)(H,17,21)(H,18,19)/b11-10+;. The Labute approximate surface area is 410 Å². The largest absolute Gasteiger partial charge is 0.354 e. The minimum atomic E-state index is -0.331. The fourth-order valence-corrected chi connectivity index (χ4v) is 7.75. The van der Waals surface area contributed by atoms with Crippen LogP contribution in [0.1, 0.15) is 145 Å². The van der Waals surface area contributed by atoms with E-state index < -0.39 is 0 Å². The number of allylic oxidation sites excluding steroid dienone is 2. The molecule has 0 aliphatic heterocycles. The molecule has 3 aromatic heterocycles. The molecule has 2 aromatic carbocycles. The van der Waals surface area contributed by atoms with Crippen molar-refractivity contribution in [3.63, 3.8) is 0 Å². The third kappa shape index (κ3) is 18.6. The summed E-state index contributed by atoms with van der Waals surface area (Å²) in [5.74, 6) is -0.797. The first-order valence-corrected chi connectivity index (χ1v) is 24.5. The van der Waals surface area contributed by atoms with Crippen LogP contribution in [0.3, 0.4) is 0 Å². The second kappa shape index (κ2) is 30.0. The van der Waals surface area contributed by atoms with Crippen molar-refractivity contribution in [1.82, 2.24) is 46.2 Å². The second-order valence-electron chi connectivity index (χ2n) is 16.4. The average Bonchev–Trinajstić information content (AvgIpc) is 3.85. The number of amides is 4. The van der Waals surface area contributed by atoms with Crippen LogP contribution in [0.2, 0.25) is 15.1 Å². The van der Waals surface area contributed by atoms with Crippen LogP contribution < -0.4 is 21.3 Å². The van der Waals surface area contributed by atoms with E-state index in [4.69, 9.17) is 34.8 Å². The lowest BCUT2D eigenvalue weighted by atomic mass is 10.1. The number of aryl methyl sites for hydroxylation is 1. The van der Waals surface area contributed by atoms with Gasteiger partial charge in [0.05, 0.1) is 22.0 Å². The highest BCUT2D eigenvalue weighted by Gasteiger charge is 2.23. The Bertz CT molecular complexity index is 2350. The van der Waals surface area contributed by atoms with Crippen molar-refractivity contribution in [3.05, 3.63) is 128 Å². The monoisotopic (exact) mass is 973 g/mol. The number of rotatable bonds is 26. The zero-order valence-electron chi connectivity index (χ0n) is 39.3. The van der Waals surface area contributed by atoms with E-state index in [1.54, 1.807) is 53.3 Å². The molecule has 360 valence electrons. The molecule has 67 heavy (non-hydrogen) atoms. The van der Waals surface area contributed by atoms with E-state index >= 15 is 0 Å². The van der Waals surface area contributed by atoms with Crippen LogP contribution in [-0.4, -0.2) is 74.8 Å². The molecule has 0 atom stereocenters. The quantitative estimate of drug-likeness (QED) is 0.0271. The van der Waals surface area contributed by atoms with E-state index in [1.807, 2.05) is 32.9 Å². The number of nitrogens with one attached hydrogen (secondary N) is 5. The van der Waals surface area contributed by atoms with E-state index in [0.717, 1.165) is 48.2 Å². The lowest BCUT2D eigenvalue weighted by molar-refractivity contribution is -0.121. The molecule has 5 N–H and O–H groups in total. The van der Waals surface area contributed by atoms with Crippen molar-refractivity contribution < 1.29 is 19.2 Å². The predicted octanol–water partition coefficient (Wildman–Crippen LogP) is 11.3. The molecule has 0 spiro atoms. The number of aromatic amines is 1. The normalized spacial score (nSPS) is 11.0. The molecule has 13 nitrogen and oxygen atoms in total. The van der Waals surface area contributed by atoms with Crippen LogP contribution in [0, 0.1) is 20.8 Å². The number of aromatic nitrogens is 5. The molecule has 0 saturated carbocycles. The Hall–Kier alpha value is -5.50.